The molecule has 0 aliphatic heterocycles. The highest BCUT2D eigenvalue weighted by Crippen LogP contribution is 2.14. The van der Waals surface area contributed by atoms with E-state index in [0.717, 1.165) is 64.2 Å². The highest BCUT2D eigenvalue weighted by Gasteiger charge is 2.19. The molecule has 0 N–H and O–H groups in total. The molecule has 0 bridgehead atoms. The summed E-state index contributed by atoms with van der Waals surface area (Å²) < 4.78 is 16.7. The Labute approximate surface area is 369 Å². The standard InChI is InChI=1S/C54H90O6/c1-4-7-10-13-16-19-22-25-26-27-30-32-35-38-41-44-47-53(56)59-50-51(60-54(57)48-45-42-39-36-33-29-24-21-18-15-12-9-6-3)49-58-52(55)46-43-40-37-34-31-28-23-20-17-14-11-8-5-2/h9,12,15,18,21,24,26-27,29-30,32-33,36,39,51H,4-8,10-11,13-14,16-17,19-20,22-23,25,28,31,34-35,37-38,40-50H2,1-3H3/b12-9+,18-15+,24-21+,27-26+,32-30+,33-29+,39-36+. The van der Waals surface area contributed by atoms with Crippen molar-refractivity contribution in [3.63, 3.8) is 0 Å². The summed E-state index contributed by atoms with van der Waals surface area (Å²) in [5.74, 6) is -1.02. The summed E-state index contributed by atoms with van der Waals surface area (Å²) in [5.41, 5.74) is 0. The number of carbonyl (C=O) groups is 3. The molecule has 0 aromatic rings. The molecular formula is C54H90O6. The van der Waals surface area contributed by atoms with E-state index >= 15 is 0 Å². The molecule has 0 saturated heterocycles. The second-order valence-electron chi connectivity index (χ2n) is 16.1. The van der Waals surface area contributed by atoms with E-state index in [9.17, 15) is 14.4 Å². The van der Waals surface area contributed by atoms with Gasteiger partial charge in [0, 0.05) is 19.3 Å². The van der Waals surface area contributed by atoms with Crippen molar-refractivity contribution in [1.82, 2.24) is 0 Å². The van der Waals surface area contributed by atoms with Gasteiger partial charge in [-0.1, -0.05) is 228 Å². The second-order valence-corrected chi connectivity index (χ2v) is 16.1. The summed E-state index contributed by atoms with van der Waals surface area (Å²) >= 11 is 0. The van der Waals surface area contributed by atoms with Crippen LogP contribution in [0.4, 0.5) is 0 Å². The van der Waals surface area contributed by atoms with Gasteiger partial charge in [-0.05, 0) is 57.8 Å². The third-order valence-electron chi connectivity index (χ3n) is 10.3. The van der Waals surface area contributed by atoms with Gasteiger partial charge in [0.25, 0.3) is 0 Å². The smallest absolute Gasteiger partial charge is 0.306 e. The zero-order chi connectivity index (χ0) is 43.7. The van der Waals surface area contributed by atoms with E-state index in [4.69, 9.17) is 14.2 Å². The second kappa shape index (κ2) is 48.3. The molecule has 1 unspecified atom stereocenters. The Morgan fingerprint density at radius 3 is 1.10 bits per heavy atom. The molecule has 0 aliphatic rings. The first-order valence-electron chi connectivity index (χ1n) is 24.7. The predicted molar refractivity (Wildman–Crippen MR) is 256 cm³/mol. The number of allylic oxidation sites excluding steroid dienone is 14. The van der Waals surface area contributed by atoms with Gasteiger partial charge >= 0.3 is 17.9 Å². The molecule has 1 atom stereocenters. The third kappa shape index (κ3) is 45.7. The maximum atomic E-state index is 12.7. The zero-order valence-corrected chi connectivity index (χ0v) is 38.9. The Balaban J connectivity index is 4.52. The molecule has 342 valence electrons. The fourth-order valence-electron chi connectivity index (χ4n) is 6.58. The van der Waals surface area contributed by atoms with E-state index in [1.807, 2.05) is 54.7 Å². The van der Waals surface area contributed by atoms with Crippen molar-refractivity contribution in [2.24, 2.45) is 0 Å². The summed E-state index contributed by atoms with van der Waals surface area (Å²) in [6.45, 7) is 6.39. The fourth-order valence-corrected chi connectivity index (χ4v) is 6.58. The SMILES string of the molecule is CC/C=C/C=C/C=C/C=C/C=C/CCCC(=O)OC(COC(=O)CCCCC/C=C/C=C/CCCCCCCCC)COC(=O)CCCCCCCCCCCCCCC. The van der Waals surface area contributed by atoms with Crippen LogP contribution in [0.5, 0.6) is 0 Å². The number of ether oxygens (including phenoxy) is 3. The maximum Gasteiger partial charge on any atom is 0.306 e. The third-order valence-corrected chi connectivity index (χ3v) is 10.3. The Kier molecular flexibility index (Phi) is 45.5. The molecule has 6 nitrogen and oxygen atoms in total. The number of hydrogen-bond donors (Lipinski definition) is 0. The van der Waals surface area contributed by atoms with Crippen LogP contribution < -0.4 is 0 Å². The zero-order valence-electron chi connectivity index (χ0n) is 38.9. The average Bonchev–Trinajstić information content (AvgIpc) is 3.24. The number of esters is 3. The molecule has 0 fully saturated rings. The molecule has 0 saturated carbocycles. The van der Waals surface area contributed by atoms with E-state index in [0.29, 0.717) is 19.3 Å². The van der Waals surface area contributed by atoms with Crippen LogP contribution >= 0.6 is 0 Å². The van der Waals surface area contributed by atoms with E-state index in [2.05, 4.69) is 51.2 Å². The first-order chi connectivity index (χ1) is 29.5. The lowest BCUT2D eigenvalue weighted by Gasteiger charge is -2.18. The van der Waals surface area contributed by atoms with Gasteiger partial charge in [-0.3, -0.25) is 14.4 Å². The van der Waals surface area contributed by atoms with E-state index in [-0.39, 0.29) is 37.5 Å². The molecule has 0 aromatic heterocycles. The number of rotatable bonds is 43. The van der Waals surface area contributed by atoms with Gasteiger partial charge in [-0.15, -0.1) is 0 Å². The number of hydrogen-bond acceptors (Lipinski definition) is 6. The van der Waals surface area contributed by atoms with Crippen LogP contribution in [-0.4, -0.2) is 37.2 Å². The predicted octanol–water partition coefficient (Wildman–Crippen LogP) is 16.0. The monoisotopic (exact) mass is 835 g/mol. The molecule has 0 spiro atoms. The van der Waals surface area contributed by atoms with E-state index < -0.39 is 6.10 Å². The van der Waals surface area contributed by atoms with Crippen LogP contribution in [0.3, 0.4) is 0 Å². The van der Waals surface area contributed by atoms with Crippen molar-refractivity contribution in [3.05, 3.63) is 85.1 Å². The maximum absolute atomic E-state index is 12.7. The minimum Gasteiger partial charge on any atom is -0.462 e. The van der Waals surface area contributed by atoms with Gasteiger partial charge in [0.1, 0.15) is 13.2 Å². The topological polar surface area (TPSA) is 78.9 Å². The normalized spacial score (nSPS) is 12.8. The molecule has 0 rings (SSSR count). The molecule has 0 aromatic carbocycles. The van der Waals surface area contributed by atoms with E-state index in [1.165, 1.54) is 109 Å². The largest absolute Gasteiger partial charge is 0.462 e. The molecular weight excluding hydrogens is 745 g/mol. The van der Waals surface area contributed by atoms with Crippen LogP contribution in [0.1, 0.15) is 220 Å². The van der Waals surface area contributed by atoms with Crippen molar-refractivity contribution in [2.75, 3.05) is 13.2 Å². The first-order valence-corrected chi connectivity index (χ1v) is 24.7. The Hall–Kier alpha value is -3.41. The molecule has 6 heteroatoms. The Bertz CT molecular complexity index is 1190. The van der Waals surface area contributed by atoms with Crippen LogP contribution in [0.25, 0.3) is 0 Å². The summed E-state index contributed by atoms with van der Waals surface area (Å²) in [7, 11) is 0. The minimum atomic E-state index is -0.821. The minimum absolute atomic E-state index is 0.113. The quantitative estimate of drug-likeness (QED) is 0.0263. The molecule has 0 aliphatic carbocycles. The van der Waals surface area contributed by atoms with E-state index in [1.54, 1.807) is 0 Å². The van der Waals surface area contributed by atoms with Gasteiger partial charge in [0.05, 0.1) is 0 Å². The highest BCUT2D eigenvalue weighted by atomic mass is 16.6. The van der Waals surface area contributed by atoms with Gasteiger partial charge < -0.3 is 14.2 Å². The summed E-state index contributed by atoms with van der Waals surface area (Å²) in [5, 5.41) is 0. The molecule has 0 amide bonds. The van der Waals surface area contributed by atoms with Gasteiger partial charge in [-0.2, -0.15) is 0 Å². The van der Waals surface area contributed by atoms with Crippen molar-refractivity contribution in [1.29, 1.82) is 0 Å². The number of carbonyl (C=O) groups excluding carboxylic acids is 3. The average molecular weight is 835 g/mol. The van der Waals surface area contributed by atoms with Gasteiger partial charge in [-0.25, -0.2) is 0 Å². The van der Waals surface area contributed by atoms with Crippen LogP contribution in [0.2, 0.25) is 0 Å². The van der Waals surface area contributed by atoms with Crippen molar-refractivity contribution < 1.29 is 28.6 Å². The van der Waals surface area contributed by atoms with Crippen molar-refractivity contribution in [2.45, 2.75) is 226 Å². The van der Waals surface area contributed by atoms with Gasteiger partial charge in [0.15, 0.2) is 6.10 Å². The summed E-state index contributed by atoms with van der Waals surface area (Å²) in [6, 6.07) is 0. The lowest BCUT2D eigenvalue weighted by molar-refractivity contribution is -0.167. The van der Waals surface area contributed by atoms with Crippen LogP contribution in [0, 0.1) is 0 Å². The lowest BCUT2D eigenvalue weighted by Crippen LogP contribution is -2.30. The van der Waals surface area contributed by atoms with Gasteiger partial charge in [0.2, 0.25) is 0 Å². The van der Waals surface area contributed by atoms with Crippen molar-refractivity contribution >= 4 is 17.9 Å². The summed E-state index contributed by atoms with van der Waals surface area (Å²) in [6.07, 6.45) is 61.5. The van der Waals surface area contributed by atoms with Crippen LogP contribution in [-0.2, 0) is 28.6 Å². The van der Waals surface area contributed by atoms with Crippen LogP contribution in [0.15, 0.2) is 85.1 Å². The Morgan fingerprint density at radius 1 is 0.350 bits per heavy atom. The summed E-state index contributed by atoms with van der Waals surface area (Å²) in [4.78, 5) is 37.8. The highest BCUT2D eigenvalue weighted by molar-refractivity contribution is 5.71. The fraction of sp³-hybridized carbons (Fsp3) is 0.685. The molecule has 0 heterocycles. The van der Waals surface area contributed by atoms with Crippen molar-refractivity contribution in [3.8, 4) is 0 Å². The lowest BCUT2D eigenvalue weighted by atomic mass is 10.0. The number of unbranched alkanes of at least 4 members (excludes halogenated alkanes) is 23. The molecule has 0 radical (unpaired) electrons. The Morgan fingerprint density at radius 2 is 0.667 bits per heavy atom. The molecule has 60 heavy (non-hydrogen) atoms. The first kappa shape index (κ1) is 56.6.